The first-order chi connectivity index (χ1) is 8.07. The number of amides is 2. The molecule has 106 valence electrons. The third-order valence-electron chi connectivity index (χ3n) is 3.54. The van der Waals surface area contributed by atoms with Gasteiger partial charge in [0.2, 0.25) is 11.8 Å². The molecular formula is C13H27N3O2. The zero-order chi connectivity index (χ0) is 14.6. The highest BCUT2D eigenvalue weighted by Crippen LogP contribution is 2.30. The van der Waals surface area contributed by atoms with Gasteiger partial charge in [-0.2, -0.15) is 0 Å². The van der Waals surface area contributed by atoms with Crippen molar-refractivity contribution in [1.82, 2.24) is 10.2 Å². The van der Waals surface area contributed by atoms with Crippen LogP contribution in [0.2, 0.25) is 0 Å². The Morgan fingerprint density at radius 3 is 2.06 bits per heavy atom. The lowest BCUT2D eigenvalue weighted by Crippen LogP contribution is -2.57. The van der Waals surface area contributed by atoms with Crippen molar-refractivity contribution in [3.8, 4) is 0 Å². The predicted molar refractivity (Wildman–Crippen MR) is 73.0 cm³/mol. The number of nitrogens with zero attached hydrogens (tertiary/aromatic N) is 1. The Kier molecular flexibility index (Phi) is 5.80. The summed E-state index contributed by atoms with van der Waals surface area (Å²) in [7, 11) is 1.56. The number of carbonyl (C=O) groups is 2. The maximum absolute atomic E-state index is 12.5. The molecule has 5 nitrogen and oxygen atoms in total. The largest absolute Gasteiger partial charge is 0.358 e. The number of likely N-dealkylation sites (N-methyl/N-ethyl adjacent to an activating group) is 1. The Labute approximate surface area is 110 Å². The summed E-state index contributed by atoms with van der Waals surface area (Å²) >= 11 is 0. The van der Waals surface area contributed by atoms with E-state index in [0.717, 1.165) is 6.42 Å². The number of hydrogen-bond acceptors (Lipinski definition) is 3. The van der Waals surface area contributed by atoms with Crippen molar-refractivity contribution < 1.29 is 9.59 Å². The van der Waals surface area contributed by atoms with Gasteiger partial charge in [0, 0.05) is 19.1 Å². The summed E-state index contributed by atoms with van der Waals surface area (Å²) in [5, 5.41) is 2.53. The first-order valence-corrected chi connectivity index (χ1v) is 6.36. The molecule has 0 aliphatic rings. The molecule has 0 bridgehead atoms. The zero-order valence-electron chi connectivity index (χ0n) is 12.5. The lowest BCUT2D eigenvalue weighted by Gasteiger charge is -2.40. The van der Waals surface area contributed by atoms with Crippen LogP contribution >= 0.6 is 0 Å². The van der Waals surface area contributed by atoms with Crippen molar-refractivity contribution in [3.63, 3.8) is 0 Å². The van der Waals surface area contributed by atoms with Gasteiger partial charge in [-0.25, -0.2) is 0 Å². The van der Waals surface area contributed by atoms with Gasteiger partial charge >= 0.3 is 0 Å². The third kappa shape index (κ3) is 3.98. The summed E-state index contributed by atoms with van der Waals surface area (Å²) in [6.45, 7) is 9.92. The molecule has 0 aromatic carbocycles. The van der Waals surface area contributed by atoms with Crippen LogP contribution < -0.4 is 11.1 Å². The van der Waals surface area contributed by atoms with Gasteiger partial charge in [0.25, 0.3) is 0 Å². The van der Waals surface area contributed by atoms with Crippen LogP contribution in [0.25, 0.3) is 0 Å². The van der Waals surface area contributed by atoms with E-state index < -0.39 is 11.0 Å². The molecule has 0 fully saturated rings. The topological polar surface area (TPSA) is 75.4 Å². The van der Waals surface area contributed by atoms with Crippen LogP contribution in [0.15, 0.2) is 0 Å². The molecule has 0 aromatic rings. The van der Waals surface area contributed by atoms with E-state index in [0.29, 0.717) is 6.54 Å². The summed E-state index contributed by atoms with van der Waals surface area (Å²) in [6, 6.07) is 0. The molecule has 0 radical (unpaired) electrons. The second-order valence-corrected chi connectivity index (χ2v) is 5.75. The molecule has 0 spiro atoms. The molecule has 18 heavy (non-hydrogen) atoms. The van der Waals surface area contributed by atoms with Crippen molar-refractivity contribution in [2.24, 2.45) is 11.1 Å². The molecule has 2 amide bonds. The summed E-state index contributed by atoms with van der Waals surface area (Å²) < 4.78 is 0. The van der Waals surface area contributed by atoms with Crippen LogP contribution in [-0.4, -0.2) is 42.4 Å². The molecule has 0 aromatic heterocycles. The minimum absolute atomic E-state index is 0.0829. The van der Waals surface area contributed by atoms with E-state index in [2.05, 4.69) is 5.32 Å². The molecule has 0 unspecified atom stereocenters. The van der Waals surface area contributed by atoms with E-state index in [4.69, 9.17) is 5.73 Å². The standard InChI is InChI=1S/C13H27N3O2/c1-7-8-16(9-10(17)15-6)11(18)12(2,3)13(4,5)14/h7-9,14H2,1-6H3,(H,15,17). The van der Waals surface area contributed by atoms with E-state index >= 15 is 0 Å². The molecule has 0 atom stereocenters. The lowest BCUT2D eigenvalue weighted by molar-refractivity contribution is -0.146. The average molecular weight is 257 g/mol. The van der Waals surface area contributed by atoms with Gasteiger partial charge in [-0.15, -0.1) is 0 Å². The second kappa shape index (κ2) is 6.18. The van der Waals surface area contributed by atoms with E-state index in [1.807, 2.05) is 34.6 Å². The summed E-state index contributed by atoms with van der Waals surface area (Å²) in [4.78, 5) is 25.5. The fraction of sp³-hybridized carbons (Fsp3) is 0.846. The molecule has 0 rings (SSSR count). The minimum Gasteiger partial charge on any atom is -0.358 e. The van der Waals surface area contributed by atoms with Crippen LogP contribution in [0.4, 0.5) is 0 Å². The molecule has 0 saturated carbocycles. The summed E-state index contributed by atoms with van der Waals surface area (Å²) in [5.74, 6) is -0.247. The number of nitrogens with one attached hydrogen (secondary N) is 1. The molecule has 0 aliphatic carbocycles. The zero-order valence-corrected chi connectivity index (χ0v) is 12.5. The van der Waals surface area contributed by atoms with Gasteiger partial charge in [0.05, 0.1) is 12.0 Å². The van der Waals surface area contributed by atoms with Gasteiger partial charge in [-0.05, 0) is 34.1 Å². The number of carbonyl (C=O) groups excluding carboxylic acids is 2. The molecular weight excluding hydrogens is 230 g/mol. The Morgan fingerprint density at radius 2 is 1.72 bits per heavy atom. The predicted octanol–water partition coefficient (Wildman–Crippen LogP) is 0.735. The van der Waals surface area contributed by atoms with Gasteiger partial charge in [-0.3, -0.25) is 9.59 Å². The highest BCUT2D eigenvalue weighted by atomic mass is 16.2. The van der Waals surface area contributed by atoms with Crippen molar-refractivity contribution in [1.29, 1.82) is 0 Å². The van der Waals surface area contributed by atoms with Gasteiger partial charge in [-0.1, -0.05) is 6.92 Å². The second-order valence-electron chi connectivity index (χ2n) is 5.75. The van der Waals surface area contributed by atoms with Crippen molar-refractivity contribution >= 4 is 11.8 Å². The lowest BCUT2D eigenvalue weighted by atomic mass is 9.74. The smallest absolute Gasteiger partial charge is 0.239 e. The highest BCUT2D eigenvalue weighted by molar-refractivity contribution is 5.88. The molecule has 0 aliphatic heterocycles. The number of rotatable bonds is 6. The monoisotopic (exact) mass is 257 g/mol. The van der Waals surface area contributed by atoms with E-state index in [1.165, 1.54) is 0 Å². The van der Waals surface area contributed by atoms with Gasteiger partial charge in [0.1, 0.15) is 0 Å². The molecule has 0 heterocycles. The molecule has 0 saturated heterocycles. The van der Waals surface area contributed by atoms with Crippen LogP contribution in [0.5, 0.6) is 0 Å². The Morgan fingerprint density at radius 1 is 1.22 bits per heavy atom. The van der Waals surface area contributed by atoms with Gasteiger partial charge in [0.15, 0.2) is 0 Å². The molecule has 3 N–H and O–H groups in total. The van der Waals surface area contributed by atoms with Crippen LogP contribution in [-0.2, 0) is 9.59 Å². The van der Waals surface area contributed by atoms with E-state index in [9.17, 15) is 9.59 Å². The maximum atomic E-state index is 12.5. The molecule has 5 heteroatoms. The normalized spacial score (nSPS) is 12.2. The van der Waals surface area contributed by atoms with Crippen molar-refractivity contribution in [2.45, 2.75) is 46.6 Å². The van der Waals surface area contributed by atoms with E-state index in [-0.39, 0.29) is 18.4 Å². The fourth-order valence-electron chi connectivity index (χ4n) is 1.45. The number of nitrogens with two attached hydrogens (primary N) is 1. The quantitative estimate of drug-likeness (QED) is 0.736. The first kappa shape index (κ1) is 16.9. The number of hydrogen-bond donors (Lipinski definition) is 2. The Bertz CT molecular complexity index is 306. The van der Waals surface area contributed by atoms with Crippen LogP contribution in [0, 0.1) is 5.41 Å². The minimum atomic E-state index is -0.712. The Hall–Kier alpha value is -1.10. The Balaban J connectivity index is 5.02. The third-order valence-corrected chi connectivity index (χ3v) is 3.54. The highest BCUT2D eigenvalue weighted by Gasteiger charge is 2.42. The van der Waals surface area contributed by atoms with Gasteiger partial charge < -0.3 is 16.0 Å². The van der Waals surface area contributed by atoms with Crippen molar-refractivity contribution in [2.75, 3.05) is 20.1 Å². The van der Waals surface area contributed by atoms with Crippen molar-refractivity contribution in [3.05, 3.63) is 0 Å². The van der Waals surface area contributed by atoms with Crippen LogP contribution in [0.3, 0.4) is 0 Å². The fourth-order valence-corrected chi connectivity index (χ4v) is 1.45. The van der Waals surface area contributed by atoms with E-state index in [1.54, 1.807) is 11.9 Å². The first-order valence-electron chi connectivity index (χ1n) is 6.36. The summed E-state index contributed by atoms with van der Waals surface area (Å²) in [6.07, 6.45) is 0.809. The summed E-state index contributed by atoms with van der Waals surface area (Å²) in [5.41, 5.74) is 4.71. The maximum Gasteiger partial charge on any atom is 0.239 e. The SMILES string of the molecule is CCCN(CC(=O)NC)C(=O)C(C)(C)C(C)(C)N. The average Bonchev–Trinajstić information content (AvgIpc) is 2.25. The van der Waals surface area contributed by atoms with Crippen LogP contribution in [0.1, 0.15) is 41.0 Å².